The third-order valence-corrected chi connectivity index (χ3v) is 4.05. The summed E-state index contributed by atoms with van der Waals surface area (Å²) in [6, 6.07) is 14.6. The molecule has 0 saturated carbocycles. The van der Waals surface area contributed by atoms with Gasteiger partial charge in [0.1, 0.15) is 12.4 Å². The molecule has 6 heteroatoms. The van der Waals surface area contributed by atoms with E-state index in [1.165, 1.54) is 0 Å². The fourth-order valence-corrected chi connectivity index (χ4v) is 2.96. The summed E-state index contributed by atoms with van der Waals surface area (Å²) in [6.45, 7) is 0.0808. The van der Waals surface area contributed by atoms with Gasteiger partial charge in [0.25, 0.3) is 0 Å². The van der Waals surface area contributed by atoms with E-state index in [0.717, 1.165) is 16.6 Å². The second-order valence-corrected chi connectivity index (χ2v) is 6.63. The van der Waals surface area contributed by atoms with Crippen LogP contribution in [0.4, 0.5) is 0 Å². The Hall–Kier alpha value is -2.47. The van der Waals surface area contributed by atoms with Crippen molar-refractivity contribution in [1.82, 2.24) is 9.97 Å². The van der Waals surface area contributed by atoms with Gasteiger partial charge in [-0.1, -0.05) is 24.3 Å². The Morgan fingerprint density at radius 3 is 2.83 bits per heavy atom. The third-order valence-electron chi connectivity index (χ3n) is 3.31. The molecule has 1 aromatic heterocycles. The molecule has 0 bridgehead atoms. The number of imidazole rings is 1. The van der Waals surface area contributed by atoms with Gasteiger partial charge in [-0.3, -0.25) is 4.21 Å². The number of nitrogens with zero attached hydrogens (tertiary/aromatic N) is 1. The van der Waals surface area contributed by atoms with Crippen LogP contribution in [-0.2, 0) is 27.9 Å². The number of rotatable bonds is 5. The number of nitrogens with one attached hydrogen (secondary N) is 1. The Bertz CT molecular complexity index is 840. The van der Waals surface area contributed by atoms with Gasteiger partial charge in [0, 0.05) is 22.8 Å². The molecule has 0 amide bonds. The lowest BCUT2D eigenvalue weighted by Gasteiger charge is -2.05. The molecule has 0 aliphatic rings. The predicted octanol–water partition coefficient (Wildman–Crippen LogP) is 2.80. The minimum atomic E-state index is -0.948. The van der Waals surface area contributed by atoms with Gasteiger partial charge >= 0.3 is 5.97 Å². The molecule has 0 aliphatic heterocycles. The van der Waals surface area contributed by atoms with E-state index in [1.54, 1.807) is 24.5 Å². The van der Waals surface area contributed by atoms with E-state index in [0.29, 0.717) is 17.1 Å². The van der Waals surface area contributed by atoms with Gasteiger partial charge in [-0.05, 0) is 29.8 Å². The highest BCUT2D eigenvalue weighted by atomic mass is 32.2. The monoisotopic (exact) mass is 328 g/mol. The van der Waals surface area contributed by atoms with Crippen LogP contribution < -0.4 is 0 Å². The lowest BCUT2D eigenvalue weighted by molar-refractivity contribution is 0.0463. The lowest BCUT2D eigenvalue weighted by Crippen LogP contribution is -2.07. The summed E-state index contributed by atoms with van der Waals surface area (Å²) < 4.78 is 16.6. The van der Waals surface area contributed by atoms with Crippen molar-refractivity contribution >= 4 is 27.8 Å². The number of hydrogen-bond donors (Lipinski definition) is 1. The Morgan fingerprint density at radius 1 is 1.22 bits per heavy atom. The summed E-state index contributed by atoms with van der Waals surface area (Å²) in [5.74, 6) is 0.601. The number of fused-ring (bicyclic) bond motifs is 1. The first kappa shape index (κ1) is 15.4. The summed E-state index contributed by atoms with van der Waals surface area (Å²) in [5, 5.41) is 0. The molecule has 2 aromatic carbocycles. The van der Waals surface area contributed by atoms with Crippen LogP contribution in [0.1, 0.15) is 21.7 Å². The first-order valence-electron chi connectivity index (χ1n) is 7.11. The smallest absolute Gasteiger partial charge is 0.338 e. The standard InChI is InChI=1S/C17H16N2O3S/c1-23(21)11-12-5-4-6-13(9-12)17(20)22-10-16-18-14-7-2-3-8-15(14)19-16/h2-9H,10-11H2,1H3,(H,18,19)/t23-/m1/s1. The maximum absolute atomic E-state index is 12.1. The molecule has 118 valence electrons. The number of hydrogen-bond acceptors (Lipinski definition) is 4. The fraction of sp³-hybridized carbons (Fsp3) is 0.176. The zero-order valence-corrected chi connectivity index (χ0v) is 13.4. The number of aromatic nitrogens is 2. The molecular weight excluding hydrogens is 312 g/mol. The van der Waals surface area contributed by atoms with Crippen molar-refractivity contribution in [3.05, 3.63) is 65.5 Å². The summed E-state index contributed by atoms with van der Waals surface area (Å²) in [4.78, 5) is 19.6. The number of aromatic amines is 1. The number of carbonyl (C=O) groups excluding carboxylic acids is 1. The van der Waals surface area contributed by atoms with Crippen molar-refractivity contribution in [2.75, 3.05) is 6.26 Å². The number of esters is 1. The molecule has 1 atom stereocenters. The maximum atomic E-state index is 12.1. The van der Waals surface area contributed by atoms with Crippen molar-refractivity contribution in [3.8, 4) is 0 Å². The zero-order valence-electron chi connectivity index (χ0n) is 12.6. The van der Waals surface area contributed by atoms with Crippen molar-refractivity contribution in [2.24, 2.45) is 0 Å². The van der Waals surface area contributed by atoms with E-state index < -0.39 is 16.8 Å². The molecule has 0 fully saturated rings. The Morgan fingerprint density at radius 2 is 2.04 bits per heavy atom. The summed E-state index contributed by atoms with van der Waals surface area (Å²) >= 11 is 0. The number of para-hydroxylation sites is 2. The predicted molar refractivity (Wildman–Crippen MR) is 89.4 cm³/mol. The summed E-state index contributed by atoms with van der Waals surface area (Å²) in [7, 11) is -0.948. The molecule has 3 rings (SSSR count). The average Bonchev–Trinajstić information content (AvgIpc) is 2.95. The second kappa shape index (κ2) is 6.75. The maximum Gasteiger partial charge on any atom is 0.338 e. The highest BCUT2D eigenvalue weighted by Gasteiger charge is 2.10. The largest absolute Gasteiger partial charge is 0.454 e. The zero-order chi connectivity index (χ0) is 16.2. The van der Waals surface area contributed by atoms with E-state index in [4.69, 9.17) is 4.74 Å². The fourth-order valence-electron chi connectivity index (χ4n) is 2.31. The van der Waals surface area contributed by atoms with Crippen molar-refractivity contribution in [2.45, 2.75) is 12.4 Å². The minimum Gasteiger partial charge on any atom is -0.454 e. The van der Waals surface area contributed by atoms with Crippen molar-refractivity contribution < 1.29 is 13.7 Å². The van der Waals surface area contributed by atoms with E-state index in [1.807, 2.05) is 30.3 Å². The third kappa shape index (κ3) is 3.84. The molecule has 1 N–H and O–H groups in total. The average molecular weight is 328 g/mol. The van der Waals surface area contributed by atoms with Crippen LogP contribution in [0, 0.1) is 0 Å². The van der Waals surface area contributed by atoms with Crippen LogP contribution in [0.25, 0.3) is 11.0 Å². The topological polar surface area (TPSA) is 72.1 Å². The van der Waals surface area contributed by atoms with Gasteiger partial charge in [-0.2, -0.15) is 0 Å². The van der Waals surface area contributed by atoms with Crippen LogP contribution in [-0.4, -0.2) is 26.4 Å². The van der Waals surface area contributed by atoms with Crippen molar-refractivity contribution in [3.63, 3.8) is 0 Å². The normalized spacial score (nSPS) is 12.2. The summed E-state index contributed by atoms with van der Waals surface area (Å²) in [5.41, 5.74) is 3.05. The highest BCUT2D eigenvalue weighted by Crippen LogP contribution is 2.13. The van der Waals surface area contributed by atoms with E-state index in [9.17, 15) is 9.00 Å². The first-order valence-corrected chi connectivity index (χ1v) is 8.84. The Labute approximate surface area is 136 Å². The molecular formula is C17H16N2O3S. The van der Waals surface area contributed by atoms with Crippen molar-refractivity contribution in [1.29, 1.82) is 0 Å². The summed E-state index contributed by atoms with van der Waals surface area (Å²) in [6.07, 6.45) is 1.63. The van der Waals surface area contributed by atoms with E-state index in [2.05, 4.69) is 9.97 Å². The molecule has 0 unspecified atom stereocenters. The lowest BCUT2D eigenvalue weighted by atomic mass is 10.1. The molecule has 3 aromatic rings. The van der Waals surface area contributed by atoms with Gasteiger partial charge < -0.3 is 9.72 Å². The van der Waals surface area contributed by atoms with Crippen LogP contribution >= 0.6 is 0 Å². The molecule has 0 radical (unpaired) electrons. The number of ether oxygens (including phenoxy) is 1. The Balaban J connectivity index is 1.68. The number of H-pyrrole nitrogens is 1. The van der Waals surface area contributed by atoms with Crippen LogP contribution in [0.5, 0.6) is 0 Å². The van der Waals surface area contributed by atoms with E-state index >= 15 is 0 Å². The Kier molecular flexibility index (Phi) is 4.52. The molecule has 23 heavy (non-hydrogen) atoms. The number of benzene rings is 2. The minimum absolute atomic E-state index is 0.0808. The van der Waals surface area contributed by atoms with Crippen LogP contribution in [0.15, 0.2) is 48.5 Å². The second-order valence-electron chi connectivity index (χ2n) is 5.19. The molecule has 5 nitrogen and oxygen atoms in total. The van der Waals surface area contributed by atoms with Crippen LogP contribution in [0.3, 0.4) is 0 Å². The number of carbonyl (C=O) groups is 1. The van der Waals surface area contributed by atoms with Gasteiger partial charge in [-0.15, -0.1) is 0 Å². The van der Waals surface area contributed by atoms with Gasteiger partial charge in [-0.25, -0.2) is 9.78 Å². The highest BCUT2D eigenvalue weighted by molar-refractivity contribution is 7.83. The molecule has 0 spiro atoms. The first-order chi connectivity index (χ1) is 11.1. The molecule has 0 aliphatic carbocycles. The molecule has 0 saturated heterocycles. The van der Waals surface area contributed by atoms with Gasteiger partial charge in [0.2, 0.25) is 0 Å². The van der Waals surface area contributed by atoms with Crippen LogP contribution in [0.2, 0.25) is 0 Å². The SMILES string of the molecule is C[S@@](=O)Cc1cccc(C(=O)OCc2nc3ccccc3[nH]2)c1. The van der Waals surface area contributed by atoms with Gasteiger partial charge in [0.05, 0.1) is 16.6 Å². The quantitative estimate of drug-likeness (QED) is 0.731. The van der Waals surface area contributed by atoms with E-state index in [-0.39, 0.29) is 6.61 Å². The van der Waals surface area contributed by atoms with Gasteiger partial charge in [0.15, 0.2) is 0 Å². The molecule has 1 heterocycles.